The van der Waals surface area contributed by atoms with Crippen LogP contribution in [0.5, 0.6) is 11.5 Å². The van der Waals surface area contributed by atoms with Gasteiger partial charge in [0.15, 0.2) is 19.0 Å². The highest BCUT2D eigenvalue weighted by atomic mass is 32.1. The van der Waals surface area contributed by atoms with Gasteiger partial charge in [0, 0.05) is 37.4 Å². The summed E-state index contributed by atoms with van der Waals surface area (Å²) in [5, 5.41) is 16.6. The fraction of sp³-hybridized carbons (Fsp3) is 0.392. The number of rotatable bonds is 27. The molecule has 24 heteroatoms. The van der Waals surface area contributed by atoms with Crippen molar-refractivity contribution in [3.05, 3.63) is 128 Å². The lowest BCUT2D eigenvalue weighted by Gasteiger charge is -2.17. The van der Waals surface area contributed by atoms with E-state index >= 15 is 0 Å². The monoisotopic (exact) mass is 1080 g/mol. The molecule has 1 aliphatic heterocycles. The molecule has 2 aromatic heterocycles. The number of thiazole rings is 2. The van der Waals surface area contributed by atoms with Crippen LogP contribution in [-0.4, -0.2) is 85.6 Å². The first-order chi connectivity index (χ1) is 36.0. The quantitative estimate of drug-likeness (QED) is 0.0215. The minimum Gasteiger partial charge on any atom is -0.484 e. The van der Waals surface area contributed by atoms with Gasteiger partial charge in [0.05, 0.1) is 13.1 Å². The van der Waals surface area contributed by atoms with Crippen molar-refractivity contribution in [2.24, 2.45) is 11.7 Å². The van der Waals surface area contributed by atoms with E-state index in [9.17, 15) is 41.5 Å². The molecule has 1 unspecified atom stereocenters. The summed E-state index contributed by atoms with van der Waals surface area (Å²) < 4.78 is 70.7. The van der Waals surface area contributed by atoms with Crippen LogP contribution in [0.3, 0.4) is 0 Å². The van der Waals surface area contributed by atoms with Crippen molar-refractivity contribution in [1.82, 2.24) is 31.2 Å². The number of urea groups is 1. The van der Waals surface area contributed by atoms with Gasteiger partial charge in [-0.1, -0.05) is 81.7 Å². The van der Waals surface area contributed by atoms with E-state index in [2.05, 4.69) is 62.1 Å². The Bertz CT molecular complexity index is 2670. The van der Waals surface area contributed by atoms with Gasteiger partial charge in [-0.2, -0.15) is 0 Å². The van der Waals surface area contributed by atoms with E-state index in [1.807, 2.05) is 24.3 Å². The molecule has 0 spiro atoms. The summed E-state index contributed by atoms with van der Waals surface area (Å²) >= 11 is 2.36. The summed E-state index contributed by atoms with van der Waals surface area (Å²) in [6, 6.07) is 18.4. The Hall–Kier alpha value is -7.31. The molecule has 6 rings (SSSR count). The number of nitrogens with one attached hydrogen (secondary N) is 5. The fourth-order valence-corrected chi connectivity index (χ4v) is 8.63. The Morgan fingerprint density at radius 3 is 2.27 bits per heavy atom. The van der Waals surface area contributed by atoms with Crippen LogP contribution in [0.15, 0.2) is 90.1 Å². The summed E-state index contributed by atoms with van der Waals surface area (Å²) in [4.78, 5) is 71.7. The van der Waals surface area contributed by atoms with Gasteiger partial charge in [0.25, 0.3) is 23.6 Å². The van der Waals surface area contributed by atoms with Crippen molar-refractivity contribution < 1.29 is 60.5 Å². The molecule has 0 saturated heterocycles. The second-order valence-corrected chi connectivity index (χ2v) is 18.6. The first-order valence-electron chi connectivity index (χ1n) is 24.1. The number of amides is 6. The summed E-state index contributed by atoms with van der Waals surface area (Å²) in [6.45, 7) is 7.86. The summed E-state index contributed by atoms with van der Waals surface area (Å²) in [6.07, 6.45) is 2.81. The van der Waals surface area contributed by atoms with E-state index in [4.69, 9.17) is 19.9 Å². The van der Waals surface area contributed by atoms with Crippen LogP contribution in [0.1, 0.15) is 95.0 Å². The lowest BCUT2D eigenvalue weighted by molar-refractivity contribution is -0.274. The predicted octanol–water partition coefficient (Wildman–Crippen LogP) is 8.35. The third-order valence-electron chi connectivity index (χ3n) is 11.0. The van der Waals surface area contributed by atoms with Crippen LogP contribution in [0.2, 0.25) is 0 Å². The molecular weight excluding hydrogens is 1020 g/mol. The number of nitrogens with zero attached hydrogens (tertiary/aromatic N) is 3. The van der Waals surface area contributed by atoms with Crippen molar-refractivity contribution in [3.8, 4) is 11.5 Å². The van der Waals surface area contributed by atoms with Gasteiger partial charge in [-0.25, -0.2) is 19.2 Å². The molecule has 0 saturated carbocycles. The second-order valence-electron chi connectivity index (χ2n) is 16.6. The molecule has 1 atom stereocenters. The molecule has 6 amide bonds. The number of aromatic nitrogens is 2. The van der Waals surface area contributed by atoms with Crippen LogP contribution in [0.25, 0.3) is 0 Å². The molecule has 5 aromatic rings. The molecule has 0 fully saturated rings. The maximum atomic E-state index is 13.6. The van der Waals surface area contributed by atoms with Crippen LogP contribution in [-0.2, 0) is 45.0 Å². The molecular formula is C51H61F4N9O9S2. The van der Waals surface area contributed by atoms with E-state index in [0.29, 0.717) is 71.3 Å². The zero-order valence-electron chi connectivity index (χ0n) is 41.7. The number of halogens is 4. The molecule has 75 heavy (non-hydrogen) atoms. The zero-order chi connectivity index (χ0) is 54.2. The standard InChI is InChI=1S/C29H38F3N5O7S.C22H23FN4O2S/c1-3-5-7-19(4-2)15-41-13-6-12-34-27(40)25-28(37-18-42-16-22(37)26(33)39)45-24(36-25)14-35-23(38)17-43-20-8-10-21(11-9-20)44-29(30,31)32;1-2-15-7-9-17(10-8-15)26-22(29)25-13-20-27-19(14-30-20)21(28)24-12-11-16-5-3-4-6-18(16)23/h8-11,16,19H,3-7,12-15,17-18H2,1-2H3,(H2,33,39)(H,34,40)(H,35,38);3-10,14H,2,11-13H2,1H3,(H,24,28)(H2,25,26,29). The first-order valence-corrected chi connectivity index (χ1v) is 25.8. The summed E-state index contributed by atoms with van der Waals surface area (Å²) in [7, 11) is 0. The van der Waals surface area contributed by atoms with Crippen LogP contribution in [0.4, 0.5) is 33.0 Å². The number of ether oxygens (including phenoxy) is 4. The number of primary amides is 1. The molecule has 0 bridgehead atoms. The molecule has 18 nitrogen and oxygen atoms in total. The highest BCUT2D eigenvalue weighted by Gasteiger charge is 2.32. The van der Waals surface area contributed by atoms with Crippen LogP contribution < -0.4 is 46.7 Å². The Morgan fingerprint density at radius 2 is 1.57 bits per heavy atom. The maximum Gasteiger partial charge on any atom is 0.573 e. The van der Waals surface area contributed by atoms with Gasteiger partial charge < -0.3 is 51.3 Å². The average molecular weight is 1080 g/mol. The minimum atomic E-state index is -4.82. The van der Waals surface area contributed by atoms with Crippen molar-refractivity contribution >= 4 is 63.0 Å². The summed E-state index contributed by atoms with van der Waals surface area (Å²) in [5.41, 5.74) is 8.29. The molecule has 7 N–H and O–H groups in total. The first kappa shape index (κ1) is 58.6. The second kappa shape index (κ2) is 30.2. The average Bonchev–Trinajstić information content (AvgIpc) is 4.18. The molecule has 1 aliphatic rings. The lowest BCUT2D eigenvalue weighted by Crippen LogP contribution is -2.31. The van der Waals surface area contributed by atoms with Gasteiger partial charge in [0.2, 0.25) is 0 Å². The van der Waals surface area contributed by atoms with Gasteiger partial charge >= 0.3 is 12.4 Å². The van der Waals surface area contributed by atoms with Crippen molar-refractivity contribution in [2.45, 2.75) is 85.2 Å². The van der Waals surface area contributed by atoms with E-state index in [1.165, 1.54) is 52.7 Å². The van der Waals surface area contributed by atoms with Crippen molar-refractivity contribution in [3.63, 3.8) is 0 Å². The molecule has 3 aromatic carbocycles. The molecule has 0 aliphatic carbocycles. The van der Waals surface area contributed by atoms with E-state index < -0.39 is 36.4 Å². The number of carbonyl (C=O) groups excluding carboxylic acids is 5. The number of nitrogens with two attached hydrogens (primary N) is 1. The van der Waals surface area contributed by atoms with E-state index in [-0.39, 0.29) is 60.4 Å². The van der Waals surface area contributed by atoms with Crippen LogP contribution in [0, 0.1) is 11.7 Å². The topological polar surface area (TPSA) is 237 Å². The fourth-order valence-electron chi connectivity index (χ4n) is 6.92. The van der Waals surface area contributed by atoms with E-state index in [0.717, 1.165) is 49.2 Å². The molecule has 404 valence electrons. The number of benzene rings is 3. The van der Waals surface area contributed by atoms with Gasteiger partial charge in [0.1, 0.15) is 50.0 Å². The Morgan fingerprint density at radius 1 is 0.853 bits per heavy atom. The third-order valence-corrected chi connectivity index (χ3v) is 12.9. The number of hydrogen-bond donors (Lipinski definition) is 6. The van der Waals surface area contributed by atoms with Gasteiger partial charge in [-0.15, -0.1) is 24.5 Å². The Kier molecular flexibility index (Phi) is 23.6. The highest BCUT2D eigenvalue weighted by Crippen LogP contribution is 2.34. The van der Waals surface area contributed by atoms with Crippen molar-refractivity contribution in [2.75, 3.05) is 49.9 Å². The predicted molar refractivity (Wildman–Crippen MR) is 276 cm³/mol. The van der Waals surface area contributed by atoms with Gasteiger partial charge in [-0.05, 0) is 85.2 Å². The van der Waals surface area contributed by atoms with Crippen molar-refractivity contribution in [1.29, 1.82) is 0 Å². The number of alkyl halides is 3. The number of anilines is 2. The largest absolute Gasteiger partial charge is 0.573 e. The number of aryl methyl sites for hydroxylation is 1. The van der Waals surface area contributed by atoms with Gasteiger partial charge in [-0.3, -0.25) is 24.1 Å². The lowest BCUT2D eigenvalue weighted by atomic mass is 10.0. The molecule has 0 radical (unpaired) electrons. The number of unbranched alkanes of at least 4 members (excludes halogenated alkanes) is 1. The number of hydrogen-bond acceptors (Lipinski definition) is 14. The Balaban J connectivity index is 0.000000300. The summed E-state index contributed by atoms with van der Waals surface area (Å²) in [5.74, 6) is -2.14. The molecule has 3 heterocycles. The smallest absolute Gasteiger partial charge is 0.484 e. The maximum absolute atomic E-state index is 13.6. The SMILES string of the molecule is CCCCC(CC)COCCCNC(=O)c1nc(CNC(=O)COc2ccc(OC(F)(F)F)cc2)sc1N1COC=C1C(N)=O.CCc1ccc(NC(=O)NCc2nc(C(=O)NCCc3ccccc3F)cs2)cc1. The Labute approximate surface area is 439 Å². The number of carbonyl (C=O) groups is 5. The normalized spacial score (nSPS) is 12.3. The van der Waals surface area contributed by atoms with E-state index in [1.54, 1.807) is 23.6 Å². The zero-order valence-corrected chi connectivity index (χ0v) is 43.3. The third kappa shape index (κ3) is 20.1. The highest BCUT2D eigenvalue weighted by molar-refractivity contribution is 7.16. The minimum absolute atomic E-state index is 0.0332. The van der Waals surface area contributed by atoms with Crippen LogP contribution >= 0.6 is 22.7 Å².